The van der Waals surface area contributed by atoms with Crippen molar-refractivity contribution < 1.29 is 9.90 Å². The predicted octanol–water partition coefficient (Wildman–Crippen LogP) is 3.12. The third-order valence-corrected chi connectivity index (χ3v) is 2.17. The van der Waals surface area contributed by atoms with Crippen molar-refractivity contribution in [2.24, 2.45) is 5.92 Å². The van der Waals surface area contributed by atoms with E-state index in [4.69, 9.17) is 5.11 Å². The number of allylic oxidation sites excluding steroid dienone is 1. The van der Waals surface area contributed by atoms with E-state index in [1.165, 1.54) is 0 Å². The van der Waals surface area contributed by atoms with Gasteiger partial charge >= 0.3 is 5.97 Å². The standard InChI is InChI=1S/C13H16O2/c1-9(2)8-12(13(14)15)11-7-5-4-6-10(11)3/h4-9H,1-3H3,(H,14,15)/b12-8+. The lowest BCUT2D eigenvalue weighted by atomic mass is 9.98. The Balaban J connectivity index is 3.23. The van der Waals surface area contributed by atoms with E-state index in [1.807, 2.05) is 45.0 Å². The van der Waals surface area contributed by atoms with Crippen molar-refractivity contribution in [3.05, 3.63) is 41.5 Å². The van der Waals surface area contributed by atoms with Crippen LogP contribution in [0.1, 0.15) is 25.0 Å². The number of rotatable bonds is 3. The molecule has 1 rings (SSSR count). The van der Waals surface area contributed by atoms with Gasteiger partial charge in [0.15, 0.2) is 0 Å². The summed E-state index contributed by atoms with van der Waals surface area (Å²) in [7, 11) is 0. The molecule has 0 aliphatic carbocycles. The molecule has 0 radical (unpaired) electrons. The van der Waals surface area contributed by atoms with Crippen molar-refractivity contribution in [1.29, 1.82) is 0 Å². The lowest BCUT2D eigenvalue weighted by Crippen LogP contribution is -2.03. The highest BCUT2D eigenvalue weighted by Crippen LogP contribution is 2.20. The van der Waals surface area contributed by atoms with Crippen LogP contribution in [0, 0.1) is 12.8 Å². The Kier molecular flexibility index (Phi) is 3.67. The predicted molar refractivity (Wildman–Crippen MR) is 61.6 cm³/mol. The van der Waals surface area contributed by atoms with Crippen molar-refractivity contribution in [3.8, 4) is 0 Å². The largest absolute Gasteiger partial charge is 0.478 e. The molecule has 0 spiro atoms. The number of aryl methyl sites for hydroxylation is 1. The summed E-state index contributed by atoms with van der Waals surface area (Å²) in [4.78, 5) is 11.1. The van der Waals surface area contributed by atoms with E-state index < -0.39 is 5.97 Å². The van der Waals surface area contributed by atoms with Crippen LogP contribution >= 0.6 is 0 Å². The second kappa shape index (κ2) is 4.78. The highest BCUT2D eigenvalue weighted by Gasteiger charge is 2.12. The van der Waals surface area contributed by atoms with Crippen LogP contribution < -0.4 is 0 Å². The summed E-state index contributed by atoms with van der Waals surface area (Å²) in [6.45, 7) is 5.87. The van der Waals surface area contributed by atoms with E-state index in [0.717, 1.165) is 11.1 Å². The van der Waals surface area contributed by atoms with Crippen LogP contribution in [0.25, 0.3) is 5.57 Å². The highest BCUT2D eigenvalue weighted by atomic mass is 16.4. The molecule has 0 fully saturated rings. The fraction of sp³-hybridized carbons (Fsp3) is 0.308. The zero-order valence-corrected chi connectivity index (χ0v) is 9.32. The van der Waals surface area contributed by atoms with Gasteiger partial charge in [0.05, 0.1) is 5.57 Å². The molecule has 1 aromatic rings. The Morgan fingerprint density at radius 1 is 1.33 bits per heavy atom. The van der Waals surface area contributed by atoms with Crippen molar-refractivity contribution in [3.63, 3.8) is 0 Å². The van der Waals surface area contributed by atoms with E-state index in [0.29, 0.717) is 5.57 Å². The number of hydrogen-bond donors (Lipinski definition) is 1. The van der Waals surface area contributed by atoms with Crippen molar-refractivity contribution in [1.82, 2.24) is 0 Å². The van der Waals surface area contributed by atoms with Crippen molar-refractivity contribution >= 4 is 11.5 Å². The lowest BCUT2D eigenvalue weighted by molar-refractivity contribution is -0.130. The summed E-state index contributed by atoms with van der Waals surface area (Å²) in [6, 6.07) is 7.54. The number of carboxylic acid groups (broad SMARTS) is 1. The molecule has 0 aliphatic rings. The molecule has 1 aromatic carbocycles. The first-order valence-electron chi connectivity index (χ1n) is 5.03. The molecule has 0 aliphatic heterocycles. The van der Waals surface area contributed by atoms with Gasteiger partial charge in [-0.2, -0.15) is 0 Å². The second-order valence-electron chi connectivity index (χ2n) is 3.94. The maximum absolute atomic E-state index is 11.1. The average Bonchev–Trinajstić information content (AvgIpc) is 2.15. The van der Waals surface area contributed by atoms with Gasteiger partial charge < -0.3 is 5.11 Å². The van der Waals surface area contributed by atoms with Gasteiger partial charge in [0.25, 0.3) is 0 Å². The minimum absolute atomic E-state index is 0.232. The molecule has 0 saturated heterocycles. The number of carboxylic acids is 1. The lowest BCUT2D eigenvalue weighted by Gasteiger charge is -2.07. The summed E-state index contributed by atoms with van der Waals surface area (Å²) >= 11 is 0. The Hall–Kier alpha value is -1.57. The minimum Gasteiger partial charge on any atom is -0.478 e. The molecule has 1 N–H and O–H groups in total. The number of aliphatic carboxylic acids is 1. The third kappa shape index (κ3) is 2.94. The third-order valence-electron chi connectivity index (χ3n) is 2.17. The highest BCUT2D eigenvalue weighted by molar-refractivity contribution is 6.15. The maximum atomic E-state index is 11.1. The van der Waals surface area contributed by atoms with Crippen LogP contribution in [-0.4, -0.2) is 11.1 Å². The van der Waals surface area contributed by atoms with Crippen molar-refractivity contribution in [2.75, 3.05) is 0 Å². The number of benzene rings is 1. The van der Waals surface area contributed by atoms with Gasteiger partial charge in [-0.3, -0.25) is 0 Å². The molecule has 0 heterocycles. The van der Waals surface area contributed by atoms with Crippen LogP contribution in [0.3, 0.4) is 0 Å². The normalized spacial score (nSPS) is 11.9. The second-order valence-corrected chi connectivity index (χ2v) is 3.94. The summed E-state index contributed by atoms with van der Waals surface area (Å²) < 4.78 is 0. The number of hydrogen-bond acceptors (Lipinski definition) is 1. The molecule has 15 heavy (non-hydrogen) atoms. The Bertz CT molecular complexity index is 389. The fourth-order valence-electron chi connectivity index (χ4n) is 1.48. The van der Waals surface area contributed by atoms with Gasteiger partial charge in [-0.05, 0) is 24.0 Å². The van der Waals surface area contributed by atoms with Crippen LogP contribution in [0.5, 0.6) is 0 Å². The minimum atomic E-state index is -0.863. The van der Waals surface area contributed by atoms with Crippen LogP contribution in [0.4, 0.5) is 0 Å². The van der Waals surface area contributed by atoms with E-state index >= 15 is 0 Å². The Labute approximate surface area is 90.3 Å². The average molecular weight is 204 g/mol. The van der Waals surface area contributed by atoms with Gasteiger partial charge in [-0.15, -0.1) is 0 Å². The van der Waals surface area contributed by atoms with E-state index in [9.17, 15) is 4.79 Å². The van der Waals surface area contributed by atoms with Crippen LogP contribution in [-0.2, 0) is 4.79 Å². The van der Waals surface area contributed by atoms with Crippen LogP contribution in [0.2, 0.25) is 0 Å². The van der Waals surface area contributed by atoms with Gasteiger partial charge in [0.1, 0.15) is 0 Å². The molecule has 0 unspecified atom stereocenters. The van der Waals surface area contributed by atoms with Gasteiger partial charge in [-0.25, -0.2) is 4.79 Å². The summed E-state index contributed by atoms with van der Waals surface area (Å²) in [5.74, 6) is -0.631. The first-order chi connectivity index (χ1) is 7.02. The van der Waals surface area contributed by atoms with E-state index in [1.54, 1.807) is 6.08 Å². The van der Waals surface area contributed by atoms with E-state index in [-0.39, 0.29) is 5.92 Å². The smallest absolute Gasteiger partial charge is 0.335 e. The molecule has 0 aromatic heterocycles. The topological polar surface area (TPSA) is 37.3 Å². The maximum Gasteiger partial charge on any atom is 0.335 e. The quantitative estimate of drug-likeness (QED) is 0.768. The summed E-state index contributed by atoms with van der Waals surface area (Å²) in [6.07, 6.45) is 1.78. The SMILES string of the molecule is Cc1ccccc1/C(=C\C(C)C)C(=O)O. The zero-order chi connectivity index (χ0) is 11.4. The zero-order valence-electron chi connectivity index (χ0n) is 9.32. The molecular formula is C13H16O2. The molecule has 2 heteroatoms. The molecule has 0 atom stereocenters. The van der Waals surface area contributed by atoms with Gasteiger partial charge in [-0.1, -0.05) is 44.2 Å². The van der Waals surface area contributed by atoms with Crippen LogP contribution in [0.15, 0.2) is 30.3 Å². The van der Waals surface area contributed by atoms with E-state index in [2.05, 4.69) is 0 Å². The first kappa shape index (κ1) is 11.5. The first-order valence-corrected chi connectivity index (χ1v) is 5.03. The molecule has 2 nitrogen and oxygen atoms in total. The summed E-state index contributed by atoms with van der Waals surface area (Å²) in [5.41, 5.74) is 2.19. The molecule has 0 bridgehead atoms. The molecule has 80 valence electrons. The fourth-order valence-corrected chi connectivity index (χ4v) is 1.48. The van der Waals surface area contributed by atoms with Gasteiger partial charge in [0.2, 0.25) is 0 Å². The van der Waals surface area contributed by atoms with Gasteiger partial charge in [0, 0.05) is 0 Å². The summed E-state index contributed by atoms with van der Waals surface area (Å²) in [5, 5.41) is 9.13. The molecule has 0 saturated carbocycles. The molecule has 0 amide bonds. The Morgan fingerprint density at radius 3 is 2.40 bits per heavy atom. The van der Waals surface area contributed by atoms with Crippen molar-refractivity contribution in [2.45, 2.75) is 20.8 Å². The number of carbonyl (C=O) groups is 1. The molecular weight excluding hydrogens is 188 g/mol. The Morgan fingerprint density at radius 2 is 1.93 bits per heavy atom. The monoisotopic (exact) mass is 204 g/mol.